The molecule has 14 heavy (non-hydrogen) atoms. The molecule has 3 heteroatoms. The van der Waals surface area contributed by atoms with Gasteiger partial charge in [-0.05, 0) is 6.07 Å². The van der Waals surface area contributed by atoms with Crippen molar-refractivity contribution < 1.29 is 9.84 Å². The van der Waals surface area contributed by atoms with Crippen molar-refractivity contribution in [3.63, 3.8) is 0 Å². The predicted octanol–water partition coefficient (Wildman–Crippen LogP) is 1.24. The summed E-state index contributed by atoms with van der Waals surface area (Å²) in [4.78, 5) is 0. The second-order valence-electron chi connectivity index (χ2n) is 2.89. The summed E-state index contributed by atoms with van der Waals surface area (Å²) >= 11 is 0. The summed E-state index contributed by atoms with van der Waals surface area (Å²) < 4.78 is 5.38. The lowest BCUT2D eigenvalue weighted by Gasteiger charge is -2.13. The van der Waals surface area contributed by atoms with Crippen LogP contribution in [-0.2, 0) is 0 Å². The molecule has 3 nitrogen and oxygen atoms in total. The van der Waals surface area contributed by atoms with E-state index in [0.717, 1.165) is 5.56 Å². The summed E-state index contributed by atoms with van der Waals surface area (Å²) in [6.07, 6.45) is 0.988. The van der Waals surface area contributed by atoms with Crippen molar-refractivity contribution in [1.29, 1.82) is 0 Å². The number of ether oxygens (including phenoxy) is 1. The van der Waals surface area contributed by atoms with E-state index in [9.17, 15) is 5.11 Å². The highest BCUT2D eigenvalue weighted by molar-refractivity contribution is 5.35. The van der Waals surface area contributed by atoms with Crippen molar-refractivity contribution >= 4 is 0 Å². The second-order valence-corrected chi connectivity index (χ2v) is 2.89. The highest BCUT2D eigenvalue weighted by Gasteiger charge is 2.10. The molecule has 0 saturated heterocycles. The molecule has 0 saturated carbocycles. The van der Waals surface area contributed by atoms with E-state index in [1.165, 1.54) is 0 Å². The lowest BCUT2D eigenvalue weighted by molar-refractivity contribution is 0.181. The molecule has 76 valence electrons. The Labute approximate surface area is 83.8 Å². The molecular weight excluding hydrogens is 178 g/mol. The lowest BCUT2D eigenvalue weighted by atomic mass is 10.1. The third-order valence-electron chi connectivity index (χ3n) is 1.86. The van der Waals surface area contributed by atoms with Crippen molar-refractivity contribution in [1.82, 2.24) is 0 Å². The Balaban J connectivity index is 2.84. The van der Waals surface area contributed by atoms with Crippen molar-refractivity contribution in [2.75, 3.05) is 13.2 Å². The fourth-order valence-electron chi connectivity index (χ4n) is 1.16. The number of para-hydroxylation sites is 1. The highest BCUT2D eigenvalue weighted by Crippen LogP contribution is 2.24. The quantitative estimate of drug-likeness (QED) is 0.692. The zero-order valence-corrected chi connectivity index (χ0v) is 8.02. The van der Waals surface area contributed by atoms with Gasteiger partial charge in [-0.3, -0.25) is 0 Å². The normalized spacial score (nSPS) is 12.1. The van der Waals surface area contributed by atoms with Gasteiger partial charge < -0.3 is 15.6 Å². The van der Waals surface area contributed by atoms with Gasteiger partial charge in [0, 0.05) is 12.1 Å². The summed E-state index contributed by atoms with van der Waals surface area (Å²) in [5.74, 6) is 0.658. The number of benzene rings is 1. The molecule has 0 fully saturated rings. The van der Waals surface area contributed by atoms with Gasteiger partial charge in [0.2, 0.25) is 0 Å². The summed E-state index contributed by atoms with van der Waals surface area (Å²) in [5, 5.41) is 9.58. The zero-order valence-electron chi connectivity index (χ0n) is 8.02. The number of hydrogen-bond acceptors (Lipinski definition) is 3. The summed E-state index contributed by atoms with van der Waals surface area (Å²) in [6.45, 7) is 4.17. The van der Waals surface area contributed by atoms with Gasteiger partial charge in [0.15, 0.2) is 0 Å². The molecule has 0 aliphatic carbocycles. The molecule has 0 bridgehead atoms. The molecule has 0 aliphatic heterocycles. The van der Waals surface area contributed by atoms with Crippen LogP contribution in [0.5, 0.6) is 5.75 Å². The van der Waals surface area contributed by atoms with E-state index >= 15 is 0 Å². The summed E-state index contributed by atoms with van der Waals surface area (Å²) in [5.41, 5.74) is 6.10. The molecule has 1 rings (SSSR count). The van der Waals surface area contributed by atoms with Crippen LogP contribution in [-0.4, -0.2) is 18.3 Å². The zero-order chi connectivity index (χ0) is 10.4. The first-order valence-corrected chi connectivity index (χ1v) is 4.50. The van der Waals surface area contributed by atoms with Crippen LogP contribution in [0.25, 0.3) is 0 Å². The predicted molar refractivity (Wildman–Crippen MR) is 56.1 cm³/mol. The first-order chi connectivity index (χ1) is 6.79. The topological polar surface area (TPSA) is 55.5 Å². The molecule has 0 aromatic heterocycles. The minimum Gasteiger partial charge on any atom is -0.489 e. The van der Waals surface area contributed by atoms with Crippen LogP contribution in [0.4, 0.5) is 0 Å². The maximum atomic E-state index is 9.58. The Morgan fingerprint density at radius 3 is 2.86 bits per heavy atom. The van der Waals surface area contributed by atoms with Crippen LogP contribution in [0.3, 0.4) is 0 Å². The van der Waals surface area contributed by atoms with Gasteiger partial charge in [0.1, 0.15) is 12.4 Å². The minimum atomic E-state index is -0.670. The van der Waals surface area contributed by atoms with E-state index in [0.29, 0.717) is 12.4 Å². The molecule has 0 spiro atoms. The number of rotatable bonds is 5. The lowest BCUT2D eigenvalue weighted by Crippen LogP contribution is -2.12. The SMILES string of the molecule is C=CCOc1ccccc1C(O)CN. The molecule has 0 radical (unpaired) electrons. The smallest absolute Gasteiger partial charge is 0.125 e. The average Bonchev–Trinajstić information content (AvgIpc) is 2.25. The van der Waals surface area contributed by atoms with Gasteiger partial charge in [0.25, 0.3) is 0 Å². The van der Waals surface area contributed by atoms with Crippen molar-refractivity contribution in [2.24, 2.45) is 5.73 Å². The number of aliphatic hydroxyl groups excluding tert-OH is 1. The fraction of sp³-hybridized carbons (Fsp3) is 0.273. The standard InChI is InChI=1S/C11H15NO2/c1-2-7-14-11-6-4-3-5-9(11)10(13)8-12/h2-6,10,13H,1,7-8,12H2. The van der Waals surface area contributed by atoms with E-state index in [-0.39, 0.29) is 6.54 Å². The van der Waals surface area contributed by atoms with E-state index < -0.39 is 6.10 Å². The number of nitrogens with two attached hydrogens (primary N) is 1. The maximum absolute atomic E-state index is 9.58. The van der Waals surface area contributed by atoms with Crippen LogP contribution in [0, 0.1) is 0 Å². The van der Waals surface area contributed by atoms with E-state index in [2.05, 4.69) is 6.58 Å². The van der Waals surface area contributed by atoms with Crippen molar-refractivity contribution in [2.45, 2.75) is 6.10 Å². The molecule has 1 aromatic carbocycles. The Kier molecular flexibility index (Phi) is 4.16. The van der Waals surface area contributed by atoms with Gasteiger partial charge in [0.05, 0.1) is 6.10 Å². The minimum absolute atomic E-state index is 0.189. The van der Waals surface area contributed by atoms with Gasteiger partial charge >= 0.3 is 0 Å². The van der Waals surface area contributed by atoms with Crippen LogP contribution in [0.15, 0.2) is 36.9 Å². The van der Waals surface area contributed by atoms with E-state index in [1.54, 1.807) is 18.2 Å². The van der Waals surface area contributed by atoms with Gasteiger partial charge in [-0.15, -0.1) is 0 Å². The molecule has 3 N–H and O–H groups in total. The molecule has 0 heterocycles. The third-order valence-corrected chi connectivity index (χ3v) is 1.86. The van der Waals surface area contributed by atoms with Crippen LogP contribution < -0.4 is 10.5 Å². The van der Waals surface area contributed by atoms with Gasteiger partial charge in [-0.2, -0.15) is 0 Å². The Morgan fingerprint density at radius 1 is 1.50 bits per heavy atom. The van der Waals surface area contributed by atoms with E-state index in [1.807, 2.05) is 12.1 Å². The Hall–Kier alpha value is -1.32. The van der Waals surface area contributed by atoms with Crippen LogP contribution in [0.2, 0.25) is 0 Å². The third kappa shape index (κ3) is 2.58. The second kappa shape index (κ2) is 5.42. The van der Waals surface area contributed by atoms with Crippen molar-refractivity contribution in [3.8, 4) is 5.75 Å². The first kappa shape index (κ1) is 10.8. The molecule has 0 aliphatic rings. The van der Waals surface area contributed by atoms with Crippen LogP contribution in [0.1, 0.15) is 11.7 Å². The molecule has 0 amide bonds. The number of hydrogen-bond donors (Lipinski definition) is 2. The molecular formula is C11H15NO2. The van der Waals surface area contributed by atoms with Crippen LogP contribution >= 0.6 is 0 Å². The molecule has 1 atom stereocenters. The number of aliphatic hydroxyl groups is 1. The summed E-state index contributed by atoms with van der Waals surface area (Å²) in [7, 11) is 0. The molecule has 1 aromatic rings. The monoisotopic (exact) mass is 193 g/mol. The molecule has 1 unspecified atom stereocenters. The Bertz CT molecular complexity index is 299. The van der Waals surface area contributed by atoms with E-state index in [4.69, 9.17) is 10.5 Å². The largest absolute Gasteiger partial charge is 0.489 e. The average molecular weight is 193 g/mol. The van der Waals surface area contributed by atoms with Gasteiger partial charge in [-0.25, -0.2) is 0 Å². The Morgan fingerprint density at radius 2 is 2.21 bits per heavy atom. The first-order valence-electron chi connectivity index (χ1n) is 4.50. The summed E-state index contributed by atoms with van der Waals surface area (Å²) in [6, 6.07) is 7.30. The maximum Gasteiger partial charge on any atom is 0.125 e. The fourth-order valence-corrected chi connectivity index (χ4v) is 1.16. The highest BCUT2D eigenvalue weighted by atomic mass is 16.5. The van der Waals surface area contributed by atoms with Gasteiger partial charge in [-0.1, -0.05) is 30.9 Å². The van der Waals surface area contributed by atoms with Crippen molar-refractivity contribution in [3.05, 3.63) is 42.5 Å².